The molecule has 2 rings (SSSR count). The number of hydrogen-bond acceptors (Lipinski definition) is 2. The van der Waals surface area contributed by atoms with Gasteiger partial charge in [-0.1, -0.05) is 29.8 Å². The van der Waals surface area contributed by atoms with Gasteiger partial charge in [0.05, 0.1) is 6.04 Å². The van der Waals surface area contributed by atoms with Crippen molar-refractivity contribution in [3.05, 3.63) is 34.9 Å². The number of amides is 1. The summed E-state index contributed by atoms with van der Waals surface area (Å²) in [6.07, 6.45) is 1.84. The van der Waals surface area contributed by atoms with Crippen LogP contribution in [0.4, 0.5) is 0 Å². The predicted octanol–water partition coefficient (Wildman–Crippen LogP) is 2.52. The van der Waals surface area contributed by atoms with Crippen molar-refractivity contribution in [1.82, 2.24) is 10.6 Å². The topological polar surface area (TPSA) is 41.1 Å². The third-order valence-corrected chi connectivity index (χ3v) is 3.78. The molecule has 1 aromatic carbocycles. The minimum absolute atomic E-state index is 0.0407. The molecule has 1 aliphatic heterocycles. The van der Waals surface area contributed by atoms with Crippen molar-refractivity contribution in [3.8, 4) is 0 Å². The molecule has 1 unspecified atom stereocenters. The number of benzene rings is 1. The van der Waals surface area contributed by atoms with E-state index in [4.69, 9.17) is 11.6 Å². The van der Waals surface area contributed by atoms with Gasteiger partial charge in [0, 0.05) is 10.9 Å². The average molecular weight is 267 g/mol. The number of rotatable bonds is 3. The molecule has 0 saturated carbocycles. The van der Waals surface area contributed by atoms with Crippen molar-refractivity contribution in [3.63, 3.8) is 0 Å². The standard InChI is InChI=1S/C14H19ClN2O/c1-10(12-4-2-3-5-13(12)15)17-14(18)11-6-8-16-9-7-11/h2-5,10-11,16H,6-9H2,1H3,(H,17,18). The molecule has 0 spiro atoms. The van der Waals surface area contributed by atoms with E-state index in [0.717, 1.165) is 31.5 Å². The van der Waals surface area contributed by atoms with Gasteiger partial charge in [0.25, 0.3) is 0 Å². The highest BCUT2D eigenvalue weighted by molar-refractivity contribution is 6.31. The number of carbonyl (C=O) groups excluding carboxylic acids is 1. The third-order valence-electron chi connectivity index (χ3n) is 3.44. The fourth-order valence-corrected chi connectivity index (χ4v) is 2.62. The normalized spacial score (nSPS) is 18.3. The van der Waals surface area contributed by atoms with Crippen LogP contribution >= 0.6 is 11.6 Å². The second-order valence-electron chi connectivity index (χ2n) is 4.78. The first-order valence-corrected chi connectivity index (χ1v) is 6.82. The quantitative estimate of drug-likeness (QED) is 0.883. The van der Waals surface area contributed by atoms with Crippen LogP contribution in [0.5, 0.6) is 0 Å². The van der Waals surface area contributed by atoms with E-state index in [-0.39, 0.29) is 17.9 Å². The Kier molecular flexibility index (Phi) is 4.61. The molecule has 0 bridgehead atoms. The summed E-state index contributed by atoms with van der Waals surface area (Å²) in [5, 5.41) is 7.02. The maximum Gasteiger partial charge on any atom is 0.223 e. The summed E-state index contributed by atoms with van der Waals surface area (Å²) in [6.45, 7) is 3.83. The lowest BCUT2D eigenvalue weighted by Gasteiger charge is -2.24. The van der Waals surface area contributed by atoms with Crippen molar-refractivity contribution in [2.45, 2.75) is 25.8 Å². The SMILES string of the molecule is CC(NC(=O)C1CCNCC1)c1ccccc1Cl. The molecule has 1 amide bonds. The van der Waals surface area contributed by atoms with Gasteiger partial charge in [0.2, 0.25) is 5.91 Å². The zero-order chi connectivity index (χ0) is 13.0. The first-order valence-electron chi connectivity index (χ1n) is 6.44. The summed E-state index contributed by atoms with van der Waals surface area (Å²) in [6, 6.07) is 7.60. The average Bonchev–Trinajstić information content (AvgIpc) is 2.40. The Hall–Kier alpha value is -1.06. The molecule has 1 fully saturated rings. The van der Waals surface area contributed by atoms with Gasteiger partial charge < -0.3 is 10.6 Å². The van der Waals surface area contributed by atoms with E-state index in [9.17, 15) is 4.79 Å². The fourth-order valence-electron chi connectivity index (χ4n) is 2.32. The molecule has 1 atom stereocenters. The molecule has 1 aromatic rings. The first kappa shape index (κ1) is 13.4. The maximum atomic E-state index is 12.1. The lowest BCUT2D eigenvalue weighted by Crippen LogP contribution is -2.39. The Morgan fingerprint density at radius 3 is 2.72 bits per heavy atom. The second kappa shape index (κ2) is 6.21. The lowest BCUT2D eigenvalue weighted by atomic mass is 9.96. The molecule has 1 aliphatic rings. The van der Waals surface area contributed by atoms with Gasteiger partial charge in [-0.25, -0.2) is 0 Å². The van der Waals surface area contributed by atoms with Gasteiger partial charge in [-0.3, -0.25) is 4.79 Å². The summed E-state index contributed by atoms with van der Waals surface area (Å²) in [7, 11) is 0. The monoisotopic (exact) mass is 266 g/mol. The van der Waals surface area contributed by atoms with E-state index in [1.807, 2.05) is 31.2 Å². The largest absolute Gasteiger partial charge is 0.349 e. The van der Waals surface area contributed by atoms with Crippen molar-refractivity contribution >= 4 is 17.5 Å². The number of carbonyl (C=O) groups is 1. The van der Waals surface area contributed by atoms with Crippen molar-refractivity contribution in [2.24, 2.45) is 5.92 Å². The summed E-state index contributed by atoms with van der Waals surface area (Å²) in [5.74, 6) is 0.278. The molecular weight excluding hydrogens is 248 g/mol. The summed E-state index contributed by atoms with van der Waals surface area (Å²) in [5.41, 5.74) is 0.974. The fraction of sp³-hybridized carbons (Fsp3) is 0.500. The van der Waals surface area contributed by atoms with Crippen molar-refractivity contribution in [1.29, 1.82) is 0 Å². The summed E-state index contributed by atoms with van der Waals surface area (Å²) >= 11 is 6.13. The third kappa shape index (κ3) is 3.24. The molecule has 4 heteroatoms. The smallest absolute Gasteiger partial charge is 0.223 e. The van der Waals surface area contributed by atoms with E-state index in [2.05, 4.69) is 10.6 Å². The van der Waals surface area contributed by atoms with Gasteiger partial charge in [-0.05, 0) is 44.5 Å². The highest BCUT2D eigenvalue weighted by Crippen LogP contribution is 2.23. The predicted molar refractivity (Wildman–Crippen MR) is 73.6 cm³/mol. The molecule has 98 valence electrons. The number of hydrogen-bond donors (Lipinski definition) is 2. The molecule has 1 saturated heterocycles. The Balaban J connectivity index is 1.96. The minimum Gasteiger partial charge on any atom is -0.349 e. The van der Waals surface area contributed by atoms with E-state index >= 15 is 0 Å². The van der Waals surface area contributed by atoms with Crippen LogP contribution in [-0.4, -0.2) is 19.0 Å². The zero-order valence-corrected chi connectivity index (χ0v) is 11.3. The first-order chi connectivity index (χ1) is 8.68. The maximum absolute atomic E-state index is 12.1. The van der Waals surface area contributed by atoms with Crippen LogP contribution in [0, 0.1) is 5.92 Å². The highest BCUT2D eigenvalue weighted by atomic mass is 35.5. The van der Waals surface area contributed by atoms with Crippen molar-refractivity contribution < 1.29 is 4.79 Å². The van der Waals surface area contributed by atoms with Crippen molar-refractivity contribution in [2.75, 3.05) is 13.1 Å². The molecule has 18 heavy (non-hydrogen) atoms. The number of piperidine rings is 1. The Bertz CT molecular complexity index is 416. The van der Waals surface area contributed by atoms with Crippen LogP contribution in [0.3, 0.4) is 0 Å². The van der Waals surface area contributed by atoms with E-state index in [0.29, 0.717) is 5.02 Å². The van der Waals surface area contributed by atoms with Crippen LogP contribution in [0.2, 0.25) is 5.02 Å². The van der Waals surface area contributed by atoms with Crippen LogP contribution < -0.4 is 10.6 Å². The van der Waals surface area contributed by atoms with Crippen LogP contribution in [0.1, 0.15) is 31.4 Å². The highest BCUT2D eigenvalue weighted by Gasteiger charge is 2.22. The Morgan fingerprint density at radius 2 is 2.06 bits per heavy atom. The summed E-state index contributed by atoms with van der Waals surface area (Å²) in [4.78, 5) is 12.1. The lowest BCUT2D eigenvalue weighted by molar-refractivity contribution is -0.126. The van der Waals surface area contributed by atoms with E-state index in [1.54, 1.807) is 0 Å². The Morgan fingerprint density at radius 1 is 1.39 bits per heavy atom. The summed E-state index contributed by atoms with van der Waals surface area (Å²) < 4.78 is 0. The van der Waals surface area contributed by atoms with Gasteiger partial charge in [-0.2, -0.15) is 0 Å². The van der Waals surface area contributed by atoms with Crippen LogP contribution in [-0.2, 0) is 4.79 Å². The molecule has 1 heterocycles. The minimum atomic E-state index is -0.0407. The molecule has 0 radical (unpaired) electrons. The van der Waals surface area contributed by atoms with E-state index in [1.165, 1.54) is 0 Å². The zero-order valence-electron chi connectivity index (χ0n) is 10.6. The molecule has 0 aromatic heterocycles. The number of halogens is 1. The number of nitrogens with one attached hydrogen (secondary N) is 2. The molecule has 0 aliphatic carbocycles. The van der Waals surface area contributed by atoms with Gasteiger partial charge >= 0.3 is 0 Å². The Labute approximate surface area is 113 Å². The van der Waals surface area contributed by atoms with Gasteiger partial charge in [0.15, 0.2) is 0 Å². The van der Waals surface area contributed by atoms with E-state index < -0.39 is 0 Å². The molecular formula is C14H19ClN2O. The van der Waals surface area contributed by atoms with Crippen LogP contribution in [0.25, 0.3) is 0 Å². The van der Waals surface area contributed by atoms with Crippen LogP contribution in [0.15, 0.2) is 24.3 Å². The van der Waals surface area contributed by atoms with Gasteiger partial charge in [0.1, 0.15) is 0 Å². The van der Waals surface area contributed by atoms with Gasteiger partial charge in [-0.15, -0.1) is 0 Å². The molecule has 2 N–H and O–H groups in total. The molecule has 3 nitrogen and oxygen atoms in total. The second-order valence-corrected chi connectivity index (χ2v) is 5.18.